The van der Waals surface area contributed by atoms with Crippen molar-refractivity contribution in [2.45, 2.75) is 130 Å². The molecule has 0 rings (SSSR count). The molecular formula is C32H70IN2O6P2+. The molecule has 0 aromatic heterocycles. The van der Waals surface area contributed by atoms with Crippen LogP contribution in [0.15, 0.2) is 0 Å². The van der Waals surface area contributed by atoms with Gasteiger partial charge in [0.25, 0.3) is 0 Å². The molecule has 0 saturated heterocycles. The number of unbranched alkanes of at least 4 members (excludes halogenated alkanes) is 14. The van der Waals surface area contributed by atoms with E-state index in [1.165, 1.54) is 101 Å². The lowest BCUT2D eigenvalue weighted by molar-refractivity contribution is -0.890. The first-order valence-electron chi connectivity index (χ1n) is 17.5. The maximum atomic E-state index is 13.3. The Hall–Kier alpha value is 0.950. The van der Waals surface area contributed by atoms with Gasteiger partial charge in [-0.2, -0.15) is 0 Å². The molecule has 0 heterocycles. The number of alkyl halides is 1. The molecule has 0 unspecified atom stereocenters. The van der Waals surface area contributed by atoms with Crippen LogP contribution in [0.2, 0.25) is 0 Å². The average Bonchev–Trinajstić information content (AvgIpc) is 2.93. The second kappa shape index (κ2) is 28.0. The Morgan fingerprint density at radius 3 is 1.14 bits per heavy atom. The van der Waals surface area contributed by atoms with Gasteiger partial charge in [0.2, 0.25) is 0 Å². The van der Waals surface area contributed by atoms with E-state index >= 15 is 0 Å². The van der Waals surface area contributed by atoms with Gasteiger partial charge < -0.3 is 22.6 Å². The van der Waals surface area contributed by atoms with Crippen LogP contribution in [0.5, 0.6) is 0 Å². The van der Waals surface area contributed by atoms with Crippen molar-refractivity contribution in [2.24, 2.45) is 0 Å². The van der Waals surface area contributed by atoms with Gasteiger partial charge in [-0.25, -0.2) is 0 Å². The number of quaternary nitrogens is 1. The lowest BCUT2D eigenvalue weighted by Crippen LogP contribution is -2.42. The number of rotatable bonds is 33. The molecule has 0 amide bonds. The Labute approximate surface area is 280 Å². The lowest BCUT2D eigenvalue weighted by Gasteiger charge is -2.32. The highest BCUT2D eigenvalue weighted by Crippen LogP contribution is 2.53. The summed E-state index contributed by atoms with van der Waals surface area (Å²) in [6.45, 7) is 11.1. The average molecular weight is 768 g/mol. The minimum atomic E-state index is -3.34. The molecule has 260 valence electrons. The van der Waals surface area contributed by atoms with Crippen molar-refractivity contribution < 1.29 is 31.7 Å². The van der Waals surface area contributed by atoms with E-state index in [4.69, 9.17) is 18.1 Å². The summed E-state index contributed by atoms with van der Waals surface area (Å²) in [5.41, 5.74) is 0. The predicted octanol–water partition coefficient (Wildman–Crippen LogP) is 10.5. The maximum absolute atomic E-state index is 13.3. The molecule has 0 aliphatic carbocycles. The van der Waals surface area contributed by atoms with Crippen LogP contribution in [0.25, 0.3) is 0 Å². The molecule has 43 heavy (non-hydrogen) atoms. The lowest BCUT2D eigenvalue weighted by atomic mass is 10.0. The van der Waals surface area contributed by atoms with Gasteiger partial charge in [-0.05, 0) is 51.4 Å². The third kappa shape index (κ3) is 25.7. The Morgan fingerprint density at radius 1 is 0.512 bits per heavy atom. The third-order valence-corrected chi connectivity index (χ3v) is 12.5. The van der Waals surface area contributed by atoms with Gasteiger partial charge in [-0.15, -0.1) is 0 Å². The zero-order chi connectivity index (χ0) is 32.3. The van der Waals surface area contributed by atoms with E-state index in [0.717, 1.165) is 24.0 Å². The molecule has 8 nitrogen and oxygen atoms in total. The van der Waals surface area contributed by atoms with Crippen LogP contribution in [0.1, 0.15) is 130 Å². The minimum absolute atomic E-state index is 0.0746. The van der Waals surface area contributed by atoms with Crippen molar-refractivity contribution in [3.05, 3.63) is 0 Å². The Balaban J connectivity index is 4.36. The predicted molar refractivity (Wildman–Crippen MR) is 193 cm³/mol. The van der Waals surface area contributed by atoms with Gasteiger partial charge in [0.1, 0.15) is 12.6 Å². The fourth-order valence-electron chi connectivity index (χ4n) is 5.47. The van der Waals surface area contributed by atoms with Gasteiger partial charge in [-0.3, -0.25) is 14.0 Å². The van der Waals surface area contributed by atoms with Gasteiger partial charge in [-0.1, -0.05) is 99.6 Å². The van der Waals surface area contributed by atoms with Crippen molar-refractivity contribution in [2.75, 3.05) is 77.2 Å². The number of nitrogens with zero attached hydrogens (tertiary/aromatic N) is 2. The van der Waals surface area contributed by atoms with E-state index in [1.807, 2.05) is 4.90 Å². The summed E-state index contributed by atoms with van der Waals surface area (Å²) in [6.07, 6.45) is 21.8. The van der Waals surface area contributed by atoms with Crippen LogP contribution in [0.3, 0.4) is 0 Å². The van der Waals surface area contributed by atoms with Crippen LogP contribution < -0.4 is 0 Å². The van der Waals surface area contributed by atoms with Crippen molar-refractivity contribution in [3.8, 4) is 0 Å². The van der Waals surface area contributed by atoms with Gasteiger partial charge in [0.05, 0.1) is 53.6 Å². The van der Waals surface area contributed by atoms with Crippen LogP contribution in [-0.4, -0.2) is 86.5 Å². The van der Waals surface area contributed by atoms with Crippen LogP contribution >= 0.6 is 37.8 Å². The summed E-state index contributed by atoms with van der Waals surface area (Å²) >= 11 is 2.48. The number of halogens is 1. The molecular weight excluding hydrogens is 697 g/mol. The fourth-order valence-corrected chi connectivity index (χ4v) is 9.68. The summed E-state index contributed by atoms with van der Waals surface area (Å²) < 4.78 is 51.0. The van der Waals surface area contributed by atoms with E-state index in [9.17, 15) is 9.13 Å². The quantitative estimate of drug-likeness (QED) is 0.0216. The van der Waals surface area contributed by atoms with Crippen LogP contribution in [0, 0.1) is 0 Å². The van der Waals surface area contributed by atoms with E-state index in [-0.39, 0.29) is 12.6 Å². The number of hydrogen-bond acceptors (Lipinski definition) is 7. The summed E-state index contributed by atoms with van der Waals surface area (Å²) in [6, 6.07) is 0. The first-order chi connectivity index (χ1) is 20.6. The second-order valence-electron chi connectivity index (χ2n) is 12.3. The maximum Gasteiger partial charge on any atom is 0.344 e. The molecule has 0 aromatic rings. The second-order valence-corrected chi connectivity index (χ2v) is 17.4. The van der Waals surface area contributed by atoms with Crippen LogP contribution in [-0.2, 0) is 27.2 Å². The number of hydrogen-bond donors (Lipinski definition) is 0. The summed E-state index contributed by atoms with van der Waals surface area (Å²) in [5, 5.41) is 0. The molecule has 0 aromatic carbocycles. The normalized spacial score (nSPS) is 12.9. The standard InChI is InChI=1S/C32H70IN2O6P2/c1-7-38-42(36,39-8-2)31-34(32-43(37,40-9-3)41-10-4)28-26-30-35(5,6)29-25-23-21-19-17-15-13-11-12-14-16-18-20-22-24-27-33/h7-32H2,1-6H3/q+1. The molecule has 0 radical (unpaired) electrons. The Bertz CT molecular complexity index is 680. The van der Waals surface area contributed by atoms with Crippen molar-refractivity contribution in [1.82, 2.24) is 4.90 Å². The Kier molecular flexibility index (Phi) is 28.6. The van der Waals surface area contributed by atoms with Crippen LogP contribution in [0.4, 0.5) is 0 Å². The fraction of sp³-hybridized carbons (Fsp3) is 1.00. The third-order valence-electron chi connectivity index (χ3n) is 7.68. The zero-order valence-corrected chi connectivity index (χ0v) is 32.9. The molecule has 0 atom stereocenters. The molecule has 0 aliphatic heterocycles. The molecule has 0 bridgehead atoms. The molecule has 0 aliphatic rings. The van der Waals surface area contributed by atoms with Gasteiger partial charge >= 0.3 is 15.2 Å². The first-order valence-corrected chi connectivity index (χ1v) is 22.4. The minimum Gasteiger partial charge on any atom is -0.328 e. The molecule has 0 N–H and O–H groups in total. The highest BCUT2D eigenvalue weighted by atomic mass is 127. The summed E-state index contributed by atoms with van der Waals surface area (Å²) in [5.74, 6) is 0. The largest absolute Gasteiger partial charge is 0.344 e. The van der Waals surface area contributed by atoms with Crippen molar-refractivity contribution in [3.63, 3.8) is 0 Å². The van der Waals surface area contributed by atoms with Crippen molar-refractivity contribution >= 4 is 37.8 Å². The molecule has 0 spiro atoms. The monoisotopic (exact) mass is 767 g/mol. The highest BCUT2D eigenvalue weighted by molar-refractivity contribution is 14.1. The highest BCUT2D eigenvalue weighted by Gasteiger charge is 2.33. The summed E-state index contributed by atoms with van der Waals surface area (Å²) in [4.78, 5) is 1.90. The summed E-state index contributed by atoms with van der Waals surface area (Å²) in [7, 11) is -2.11. The molecule has 0 saturated carbocycles. The van der Waals surface area contributed by atoms with Gasteiger partial charge in [0.15, 0.2) is 0 Å². The van der Waals surface area contributed by atoms with E-state index < -0.39 is 15.2 Å². The smallest absolute Gasteiger partial charge is 0.328 e. The van der Waals surface area contributed by atoms with E-state index in [0.29, 0.717) is 33.0 Å². The van der Waals surface area contributed by atoms with Gasteiger partial charge in [0, 0.05) is 13.0 Å². The zero-order valence-electron chi connectivity index (χ0n) is 29.0. The SMILES string of the molecule is CCOP(=O)(CN(CCC[N+](C)(C)CCCCCCCCCCCCCCCCCI)CP(=O)(OCC)OCC)OCC. The van der Waals surface area contributed by atoms with E-state index in [2.05, 4.69) is 36.7 Å². The topological polar surface area (TPSA) is 74.3 Å². The Morgan fingerprint density at radius 2 is 0.814 bits per heavy atom. The van der Waals surface area contributed by atoms with Crippen molar-refractivity contribution in [1.29, 1.82) is 0 Å². The molecule has 0 fully saturated rings. The molecule has 11 heteroatoms. The first kappa shape index (κ1) is 43.9. The van der Waals surface area contributed by atoms with E-state index in [1.54, 1.807) is 27.7 Å².